The quantitative estimate of drug-likeness (QED) is 0.876. The summed E-state index contributed by atoms with van der Waals surface area (Å²) in [6.45, 7) is 0. The second-order valence-electron chi connectivity index (χ2n) is 5.63. The van der Waals surface area contributed by atoms with E-state index in [1.165, 1.54) is 5.56 Å². The first kappa shape index (κ1) is 12.9. The standard InChI is InChI=1S/C17H15BrN2O/c18-15-3-1-2-14-13(15)7-9-20(17(21)11-4-5-11)16(14)12-6-8-19-10-12/h1-3,6-11,16,19H,4-5H2. The Morgan fingerprint density at radius 2 is 2.14 bits per heavy atom. The number of aromatic amines is 1. The highest BCUT2D eigenvalue weighted by molar-refractivity contribution is 9.10. The molecule has 1 aromatic heterocycles. The van der Waals surface area contributed by atoms with Gasteiger partial charge in [0.2, 0.25) is 5.91 Å². The maximum absolute atomic E-state index is 12.6. The molecular formula is C17H15BrN2O. The zero-order chi connectivity index (χ0) is 14.4. The van der Waals surface area contributed by atoms with E-state index in [1.54, 1.807) is 0 Å². The van der Waals surface area contributed by atoms with Gasteiger partial charge in [0.1, 0.15) is 0 Å². The molecule has 1 aromatic carbocycles. The minimum atomic E-state index is -0.0400. The van der Waals surface area contributed by atoms with E-state index in [9.17, 15) is 4.79 Å². The van der Waals surface area contributed by atoms with Gasteiger partial charge in [0, 0.05) is 29.0 Å². The predicted octanol–water partition coefficient (Wildman–Crippen LogP) is 4.09. The van der Waals surface area contributed by atoms with Crippen LogP contribution in [0.25, 0.3) is 6.08 Å². The van der Waals surface area contributed by atoms with Crippen molar-refractivity contribution in [3.8, 4) is 0 Å². The lowest BCUT2D eigenvalue weighted by atomic mass is 9.92. The van der Waals surface area contributed by atoms with Gasteiger partial charge in [0.15, 0.2) is 0 Å². The molecule has 106 valence electrons. The maximum atomic E-state index is 12.6. The number of aromatic nitrogens is 1. The summed E-state index contributed by atoms with van der Waals surface area (Å²) in [6, 6.07) is 8.18. The lowest BCUT2D eigenvalue weighted by Gasteiger charge is -2.33. The average Bonchev–Trinajstić information content (AvgIpc) is 3.21. The van der Waals surface area contributed by atoms with Crippen LogP contribution in [0, 0.1) is 5.92 Å². The fourth-order valence-corrected chi connectivity index (χ4v) is 3.46. The minimum Gasteiger partial charge on any atom is -0.367 e. The van der Waals surface area contributed by atoms with Crippen LogP contribution in [0.2, 0.25) is 0 Å². The number of hydrogen-bond acceptors (Lipinski definition) is 1. The molecule has 1 fully saturated rings. The van der Waals surface area contributed by atoms with Gasteiger partial charge in [0.25, 0.3) is 0 Å². The number of halogens is 1. The number of fused-ring (bicyclic) bond motifs is 1. The number of benzene rings is 1. The van der Waals surface area contributed by atoms with Crippen LogP contribution in [0.4, 0.5) is 0 Å². The molecule has 1 saturated carbocycles. The third kappa shape index (κ3) is 2.14. The molecule has 4 heteroatoms. The SMILES string of the molecule is O=C(C1CC1)N1C=Cc2c(Br)cccc2C1c1cc[nH]c1. The van der Waals surface area contributed by atoms with E-state index in [-0.39, 0.29) is 17.9 Å². The van der Waals surface area contributed by atoms with E-state index < -0.39 is 0 Å². The van der Waals surface area contributed by atoms with Crippen LogP contribution in [-0.2, 0) is 4.79 Å². The molecule has 0 spiro atoms. The third-order valence-corrected chi connectivity index (χ3v) is 4.87. The van der Waals surface area contributed by atoms with Crippen LogP contribution in [-0.4, -0.2) is 15.8 Å². The Balaban J connectivity index is 1.85. The molecule has 21 heavy (non-hydrogen) atoms. The molecule has 4 rings (SSSR count). The number of carbonyl (C=O) groups excluding carboxylic acids is 1. The van der Waals surface area contributed by atoms with Crippen LogP contribution in [0.1, 0.15) is 35.6 Å². The second-order valence-corrected chi connectivity index (χ2v) is 6.48. The summed E-state index contributed by atoms with van der Waals surface area (Å²) in [7, 11) is 0. The highest BCUT2D eigenvalue weighted by atomic mass is 79.9. The number of carbonyl (C=O) groups is 1. The van der Waals surface area contributed by atoms with E-state index in [4.69, 9.17) is 0 Å². The highest BCUT2D eigenvalue weighted by Gasteiger charge is 2.38. The van der Waals surface area contributed by atoms with E-state index in [2.05, 4.69) is 27.0 Å². The molecule has 2 aromatic rings. The monoisotopic (exact) mass is 342 g/mol. The molecule has 0 radical (unpaired) electrons. The summed E-state index contributed by atoms with van der Waals surface area (Å²) in [6.07, 6.45) is 9.89. The van der Waals surface area contributed by atoms with E-state index in [0.717, 1.165) is 28.4 Å². The summed E-state index contributed by atoms with van der Waals surface area (Å²) in [4.78, 5) is 17.6. The van der Waals surface area contributed by atoms with Crippen molar-refractivity contribution in [2.45, 2.75) is 18.9 Å². The number of nitrogens with one attached hydrogen (secondary N) is 1. The maximum Gasteiger partial charge on any atom is 0.230 e. The van der Waals surface area contributed by atoms with Crippen molar-refractivity contribution in [1.82, 2.24) is 9.88 Å². The molecule has 1 aliphatic carbocycles. The van der Waals surface area contributed by atoms with Crippen LogP contribution in [0.15, 0.2) is 47.3 Å². The van der Waals surface area contributed by atoms with Gasteiger partial charge in [0.05, 0.1) is 6.04 Å². The van der Waals surface area contributed by atoms with Crippen molar-refractivity contribution in [2.75, 3.05) is 0 Å². The molecule has 1 amide bonds. The number of rotatable bonds is 2. The van der Waals surface area contributed by atoms with E-state index >= 15 is 0 Å². The van der Waals surface area contributed by atoms with Gasteiger partial charge in [-0.15, -0.1) is 0 Å². The highest BCUT2D eigenvalue weighted by Crippen LogP contribution is 2.41. The largest absolute Gasteiger partial charge is 0.367 e. The molecule has 1 atom stereocenters. The molecule has 1 N–H and O–H groups in total. The molecule has 0 bridgehead atoms. The van der Waals surface area contributed by atoms with Crippen molar-refractivity contribution in [1.29, 1.82) is 0 Å². The predicted molar refractivity (Wildman–Crippen MR) is 85.4 cm³/mol. The smallest absolute Gasteiger partial charge is 0.230 e. The number of hydrogen-bond donors (Lipinski definition) is 1. The first-order valence-electron chi connectivity index (χ1n) is 7.17. The first-order chi connectivity index (χ1) is 10.3. The molecule has 2 aliphatic rings. The molecule has 0 saturated heterocycles. The van der Waals surface area contributed by atoms with Crippen LogP contribution >= 0.6 is 15.9 Å². The van der Waals surface area contributed by atoms with Crippen LogP contribution in [0.3, 0.4) is 0 Å². The Hall–Kier alpha value is -1.81. The third-order valence-electron chi connectivity index (χ3n) is 4.18. The molecular weight excluding hydrogens is 328 g/mol. The van der Waals surface area contributed by atoms with E-state index in [0.29, 0.717) is 0 Å². The summed E-state index contributed by atoms with van der Waals surface area (Å²) >= 11 is 3.61. The lowest BCUT2D eigenvalue weighted by molar-refractivity contribution is -0.131. The van der Waals surface area contributed by atoms with Crippen LogP contribution < -0.4 is 0 Å². The van der Waals surface area contributed by atoms with Crippen molar-refractivity contribution in [3.63, 3.8) is 0 Å². The Morgan fingerprint density at radius 1 is 1.29 bits per heavy atom. The topological polar surface area (TPSA) is 36.1 Å². The number of nitrogens with zero attached hydrogens (tertiary/aromatic N) is 1. The Bertz CT molecular complexity index is 716. The van der Waals surface area contributed by atoms with Gasteiger partial charge in [-0.25, -0.2) is 0 Å². The lowest BCUT2D eigenvalue weighted by Crippen LogP contribution is -2.34. The van der Waals surface area contributed by atoms with Gasteiger partial charge in [-0.05, 0) is 47.7 Å². The summed E-state index contributed by atoms with van der Waals surface area (Å²) in [5.41, 5.74) is 3.44. The van der Waals surface area contributed by atoms with Gasteiger partial charge in [-0.1, -0.05) is 28.1 Å². The van der Waals surface area contributed by atoms with Crippen molar-refractivity contribution in [2.24, 2.45) is 5.92 Å². The molecule has 1 unspecified atom stereocenters. The fourth-order valence-electron chi connectivity index (χ4n) is 2.95. The fraction of sp³-hybridized carbons (Fsp3) is 0.235. The van der Waals surface area contributed by atoms with Gasteiger partial charge >= 0.3 is 0 Å². The first-order valence-corrected chi connectivity index (χ1v) is 7.96. The zero-order valence-corrected chi connectivity index (χ0v) is 13.0. The minimum absolute atomic E-state index is 0.0400. The Morgan fingerprint density at radius 3 is 2.86 bits per heavy atom. The Kier molecular flexibility index (Phi) is 3.00. The summed E-state index contributed by atoms with van der Waals surface area (Å²) < 4.78 is 1.07. The van der Waals surface area contributed by atoms with Gasteiger partial charge in [-0.2, -0.15) is 0 Å². The second kappa shape index (κ2) is 4.88. The Labute approximate surface area is 131 Å². The van der Waals surface area contributed by atoms with Gasteiger partial charge < -0.3 is 9.88 Å². The van der Waals surface area contributed by atoms with Crippen molar-refractivity contribution < 1.29 is 4.79 Å². The molecule has 1 aliphatic heterocycles. The molecule has 3 nitrogen and oxygen atoms in total. The normalized spacial score (nSPS) is 20.4. The number of amides is 1. The zero-order valence-electron chi connectivity index (χ0n) is 11.4. The van der Waals surface area contributed by atoms with Gasteiger partial charge in [-0.3, -0.25) is 4.79 Å². The van der Waals surface area contributed by atoms with Crippen LogP contribution in [0.5, 0.6) is 0 Å². The average molecular weight is 343 g/mol. The van der Waals surface area contributed by atoms with E-state index in [1.807, 2.05) is 47.8 Å². The summed E-state index contributed by atoms with van der Waals surface area (Å²) in [5.74, 6) is 0.452. The number of H-pyrrole nitrogens is 1. The molecule has 2 heterocycles. The summed E-state index contributed by atoms with van der Waals surface area (Å²) in [5, 5.41) is 0. The van der Waals surface area contributed by atoms with Crippen molar-refractivity contribution in [3.05, 3.63) is 64.0 Å². The van der Waals surface area contributed by atoms with Crippen molar-refractivity contribution >= 4 is 27.9 Å².